The van der Waals surface area contributed by atoms with E-state index >= 15 is 0 Å². The van der Waals surface area contributed by atoms with Crippen LogP contribution in [0.15, 0.2) is 48.5 Å². The van der Waals surface area contributed by atoms with Crippen molar-refractivity contribution < 1.29 is 24.2 Å². The van der Waals surface area contributed by atoms with Gasteiger partial charge in [-0.1, -0.05) is 68.3 Å². The molecule has 0 fully saturated rings. The van der Waals surface area contributed by atoms with E-state index in [1.165, 1.54) is 0 Å². The molecule has 0 bridgehead atoms. The van der Waals surface area contributed by atoms with Crippen molar-refractivity contribution in [2.45, 2.75) is 44.9 Å². The van der Waals surface area contributed by atoms with Gasteiger partial charge in [-0.3, -0.25) is 9.59 Å². The van der Waals surface area contributed by atoms with Crippen molar-refractivity contribution in [1.82, 2.24) is 10.6 Å². The van der Waals surface area contributed by atoms with Gasteiger partial charge in [-0.05, 0) is 41.0 Å². The molecular weight excluding hydrogens is 420 g/mol. The van der Waals surface area contributed by atoms with Crippen LogP contribution in [-0.4, -0.2) is 42.8 Å². The van der Waals surface area contributed by atoms with Crippen LogP contribution >= 0.6 is 0 Å². The highest BCUT2D eigenvalue weighted by Gasteiger charge is 2.29. The van der Waals surface area contributed by atoms with Gasteiger partial charge in [0, 0.05) is 18.9 Å². The molecule has 7 nitrogen and oxygen atoms in total. The molecule has 2 amide bonds. The highest BCUT2D eigenvalue weighted by atomic mass is 16.5. The molecule has 0 aromatic heterocycles. The Balaban J connectivity index is 1.40. The lowest BCUT2D eigenvalue weighted by atomic mass is 9.94. The van der Waals surface area contributed by atoms with Crippen LogP contribution in [0.3, 0.4) is 0 Å². The first kappa shape index (κ1) is 24.3. The van der Waals surface area contributed by atoms with E-state index in [1.807, 2.05) is 24.3 Å². The molecule has 1 aliphatic rings. The summed E-state index contributed by atoms with van der Waals surface area (Å²) >= 11 is 0. The molecule has 2 aromatic carbocycles. The molecule has 176 valence electrons. The number of rotatable bonds is 12. The lowest BCUT2D eigenvalue weighted by molar-refractivity contribution is -0.137. The minimum absolute atomic E-state index is 0.0294. The molecule has 1 unspecified atom stereocenters. The highest BCUT2D eigenvalue weighted by molar-refractivity contribution is 5.82. The van der Waals surface area contributed by atoms with E-state index < -0.39 is 12.1 Å². The number of amides is 2. The summed E-state index contributed by atoms with van der Waals surface area (Å²) in [6.45, 7) is 2.55. The second-order valence-electron chi connectivity index (χ2n) is 8.40. The summed E-state index contributed by atoms with van der Waals surface area (Å²) in [7, 11) is 0. The van der Waals surface area contributed by atoms with Gasteiger partial charge >= 0.3 is 12.1 Å². The molecule has 0 saturated carbocycles. The Hall–Kier alpha value is -3.35. The summed E-state index contributed by atoms with van der Waals surface area (Å²) in [5.74, 6) is -0.857. The van der Waals surface area contributed by atoms with Gasteiger partial charge in [0.1, 0.15) is 6.61 Å². The van der Waals surface area contributed by atoms with Gasteiger partial charge in [0.25, 0.3) is 0 Å². The van der Waals surface area contributed by atoms with Crippen LogP contribution in [0.2, 0.25) is 0 Å². The van der Waals surface area contributed by atoms with E-state index in [0.29, 0.717) is 13.0 Å². The number of carbonyl (C=O) groups is 3. The van der Waals surface area contributed by atoms with Crippen molar-refractivity contribution in [2.75, 3.05) is 19.7 Å². The molecule has 2 aromatic rings. The largest absolute Gasteiger partial charge is 0.481 e. The number of benzene rings is 2. The van der Waals surface area contributed by atoms with Crippen LogP contribution in [0.1, 0.15) is 56.1 Å². The van der Waals surface area contributed by atoms with E-state index in [9.17, 15) is 14.4 Å². The molecule has 0 radical (unpaired) electrons. The molecule has 0 saturated heterocycles. The Morgan fingerprint density at radius 1 is 0.939 bits per heavy atom. The predicted molar refractivity (Wildman–Crippen MR) is 126 cm³/mol. The van der Waals surface area contributed by atoms with Crippen LogP contribution in [0.25, 0.3) is 11.1 Å². The molecule has 3 rings (SSSR count). The number of carboxylic acid groups (broad SMARTS) is 1. The maximum Gasteiger partial charge on any atom is 0.407 e. The number of fused-ring (bicyclic) bond motifs is 3. The van der Waals surface area contributed by atoms with Crippen molar-refractivity contribution >= 4 is 18.0 Å². The van der Waals surface area contributed by atoms with Crippen LogP contribution < -0.4 is 10.6 Å². The Morgan fingerprint density at radius 2 is 1.58 bits per heavy atom. The summed E-state index contributed by atoms with van der Waals surface area (Å²) in [5, 5.41) is 14.1. The van der Waals surface area contributed by atoms with Gasteiger partial charge in [0.15, 0.2) is 0 Å². The van der Waals surface area contributed by atoms with Gasteiger partial charge in [-0.15, -0.1) is 0 Å². The predicted octanol–water partition coefficient (Wildman–Crippen LogP) is 4.31. The lowest BCUT2D eigenvalue weighted by Crippen LogP contribution is -2.38. The summed E-state index contributed by atoms with van der Waals surface area (Å²) in [6.07, 6.45) is 2.75. The minimum Gasteiger partial charge on any atom is -0.481 e. The fourth-order valence-corrected chi connectivity index (χ4v) is 4.45. The maximum absolute atomic E-state index is 12.2. The summed E-state index contributed by atoms with van der Waals surface area (Å²) in [6, 6.07) is 16.2. The zero-order chi connectivity index (χ0) is 23.6. The standard InChI is InChI=1S/C26H32N2O5/c1-2-7-18(12-13-25(30)31)14-15-27-24(29)16-28-26(32)33-17-23-21-10-5-3-8-19(21)20-9-4-6-11-22(20)23/h3-6,8-11,18,23H,2,7,12-17H2,1H3,(H,27,29)(H,28,32)(H,30,31). The molecule has 0 aliphatic heterocycles. The third-order valence-corrected chi connectivity index (χ3v) is 6.08. The first-order valence-electron chi connectivity index (χ1n) is 11.6. The quantitative estimate of drug-likeness (QED) is 0.445. The molecular formula is C26H32N2O5. The molecule has 7 heteroatoms. The smallest absolute Gasteiger partial charge is 0.407 e. The van der Waals surface area contributed by atoms with Crippen molar-refractivity contribution in [1.29, 1.82) is 0 Å². The fourth-order valence-electron chi connectivity index (χ4n) is 4.45. The van der Waals surface area contributed by atoms with Crippen LogP contribution in [0.5, 0.6) is 0 Å². The zero-order valence-corrected chi connectivity index (χ0v) is 19.0. The SMILES string of the molecule is CCCC(CCNC(=O)CNC(=O)OCC1c2ccccc2-c2ccccc21)CCC(=O)O. The van der Waals surface area contributed by atoms with Gasteiger partial charge in [-0.25, -0.2) is 4.79 Å². The van der Waals surface area contributed by atoms with E-state index in [1.54, 1.807) is 0 Å². The lowest BCUT2D eigenvalue weighted by Gasteiger charge is -2.16. The number of hydrogen-bond acceptors (Lipinski definition) is 4. The summed E-state index contributed by atoms with van der Waals surface area (Å²) in [4.78, 5) is 35.0. The topological polar surface area (TPSA) is 105 Å². The second-order valence-corrected chi connectivity index (χ2v) is 8.40. The van der Waals surface area contributed by atoms with Crippen LogP contribution in [0, 0.1) is 5.92 Å². The highest BCUT2D eigenvalue weighted by Crippen LogP contribution is 2.44. The van der Waals surface area contributed by atoms with Crippen molar-refractivity contribution in [3.8, 4) is 11.1 Å². The maximum atomic E-state index is 12.2. The second kappa shape index (κ2) is 12.0. The summed E-state index contributed by atoms with van der Waals surface area (Å²) < 4.78 is 5.43. The molecule has 0 heterocycles. The van der Waals surface area contributed by atoms with Gasteiger partial charge in [0.05, 0.1) is 6.54 Å². The van der Waals surface area contributed by atoms with Gasteiger partial charge in [-0.2, -0.15) is 0 Å². The van der Waals surface area contributed by atoms with Crippen LogP contribution in [0.4, 0.5) is 4.79 Å². The molecule has 0 spiro atoms. The number of aliphatic carboxylic acids is 1. The van der Waals surface area contributed by atoms with Gasteiger partial charge in [0.2, 0.25) is 5.91 Å². The Labute approximate surface area is 194 Å². The van der Waals surface area contributed by atoms with Crippen molar-refractivity contribution in [3.63, 3.8) is 0 Å². The number of hydrogen-bond donors (Lipinski definition) is 3. The number of carboxylic acids is 1. The van der Waals surface area contributed by atoms with Gasteiger partial charge < -0.3 is 20.5 Å². The van der Waals surface area contributed by atoms with Crippen LogP contribution in [-0.2, 0) is 14.3 Å². The first-order chi connectivity index (χ1) is 16.0. The average Bonchev–Trinajstić information content (AvgIpc) is 3.13. The third-order valence-electron chi connectivity index (χ3n) is 6.08. The van der Waals surface area contributed by atoms with E-state index in [-0.39, 0.29) is 37.3 Å². The molecule has 1 aliphatic carbocycles. The molecule has 1 atom stereocenters. The van der Waals surface area contributed by atoms with Crippen molar-refractivity contribution in [3.05, 3.63) is 59.7 Å². The van der Waals surface area contributed by atoms with E-state index in [0.717, 1.165) is 41.5 Å². The fraction of sp³-hybridized carbons (Fsp3) is 0.423. The first-order valence-corrected chi connectivity index (χ1v) is 11.6. The number of carbonyl (C=O) groups excluding carboxylic acids is 2. The zero-order valence-electron chi connectivity index (χ0n) is 19.0. The molecule has 3 N–H and O–H groups in total. The number of alkyl carbamates (subject to hydrolysis) is 1. The number of ether oxygens (including phenoxy) is 1. The third kappa shape index (κ3) is 6.81. The Kier molecular flexibility index (Phi) is 8.87. The molecule has 33 heavy (non-hydrogen) atoms. The van der Waals surface area contributed by atoms with E-state index in [4.69, 9.17) is 9.84 Å². The van der Waals surface area contributed by atoms with Crippen molar-refractivity contribution in [2.24, 2.45) is 5.92 Å². The summed E-state index contributed by atoms with van der Waals surface area (Å²) in [5.41, 5.74) is 4.58. The normalized spacial score (nSPS) is 13.0. The van der Waals surface area contributed by atoms with E-state index in [2.05, 4.69) is 41.8 Å². The Bertz CT molecular complexity index is 929. The monoisotopic (exact) mass is 452 g/mol. The minimum atomic E-state index is -0.799. The average molecular weight is 453 g/mol. The number of nitrogens with one attached hydrogen (secondary N) is 2. The Morgan fingerprint density at radius 3 is 2.18 bits per heavy atom.